The van der Waals surface area contributed by atoms with Gasteiger partial charge in [0.15, 0.2) is 5.13 Å². The number of thiazole rings is 1. The summed E-state index contributed by atoms with van der Waals surface area (Å²) in [6.45, 7) is 4.63. The summed E-state index contributed by atoms with van der Waals surface area (Å²) in [5.41, 5.74) is 0.807. The number of anilines is 1. The Labute approximate surface area is 123 Å². The van der Waals surface area contributed by atoms with Crippen LogP contribution in [0.15, 0.2) is 0 Å². The Morgan fingerprint density at radius 3 is 2.90 bits per heavy atom. The molecule has 4 nitrogen and oxygen atoms in total. The van der Waals surface area contributed by atoms with Crippen molar-refractivity contribution in [3.63, 3.8) is 0 Å². The lowest BCUT2D eigenvalue weighted by atomic mass is 9.78. The molecule has 2 aliphatic rings. The van der Waals surface area contributed by atoms with Gasteiger partial charge in [0.25, 0.3) is 0 Å². The molecule has 0 spiro atoms. The highest BCUT2D eigenvalue weighted by molar-refractivity contribution is 7.15. The number of nitrogens with zero attached hydrogens (tertiary/aromatic N) is 1. The van der Waals surface area contributed by atoms with Crippen LogP contribution in [0, 0.1) is 11.8 Å². The smallest absolute Gasteiger partial charge is 0.312 e. The van der Waals surface area contributed by atoms with Crippen LogP contribution in [-0.2, 0) is 11.2 Å². The van der Waals surface area contributed by atoms with E-state index >= 15 is 0 Å². The molecule has 1 saturated carbocycles. The quantitative estimate of drug-likeness (QED) is 0.895. The van der Waals surface area contributed by atoms with Gasteiger partial charge >= 0.3 is 5.97 Å². The summed E-state index contributed by atoms with van der Waals surface area (Å²) in [6.07, 6.45) is 5.35. The summed E-state index contributed by atoms with van der Waals surface area (Å²) in [7, 11) is 0. The van der Waals surface area contributed by atoms with Crippen LogP contribution < -0.4 is 5.32 Å². The van der Waals surface area contributed by atoms with Crippen LogP contribution >= 0.6 is 11.3 Å². The van der Waals surface area contributed by atoms with Gasteiger partial charge in [-0.15, -0.1) is 11.3 Å². The molecule has 2 aliphatic carbocycles. The standard InChI is InChI=1S/C15H22N2O2S/c1-8-4-3-5-11(9(8)2)16-15-17-13-10(14(18)19)6-7-12(13)20-15/h8-11H,3-7H2,1-2H3,(H,16,17)(H,18,19). The van der Waals surface area contributed by atoms with E-state index in [1.165, 1.54) is 19.3 Å². The number of aryl methyl sites for hydroxylation is 1. The normalized spacial score (nSPS) is 32.9. The second-order valence-corrected chi connectivity index (χ2v) is 7.36. The van der Waals surface area contributed by atoms with Gasteiger partial charge in [-0.1, -0.05) is 26.7 Å². The predicted octanol–water partition coefficient (Wildman–Crippen LogP) is 3.49. The number of nitrogens with one attached hydrogen (secondary N) is 1. The number of aromatic nitrogens is 1. The van der Waals surface area contributed by atoms with Crippen molar-refractivity contribution in [2.75, 3.05) is 5.32 Å². The van der Waals surface area contributed by atoms with Gasteiger partial charge in [0, 0.05) is 10.9 Å². The zero-order chi connectivity index (χ0) is 14.3. The lowest BCUT2D eigenvalue weighted by Crippen LogP contribution is -2.35. The lowest BCUT2D eigenvalue weighted by Gasteiger charge is -2.34. The van der Waals surface area contributed by atoms with E-state index in [1.807, 2.05) is 0 Å². The molecule has 0 aliphatic heterocycles. The SMILES string of the molecule is CC1CCCC(Nc2nc3c(s2)CCC3C(=O)O)C1C. The third-order valence-corrected chi connectivity index (χ3v) is 6.09. The average Bonchev–Trinajstić information content (AvgIpc) is 2.94. The molecule has 1 aromatic heterocycles. The van der Waals surface area contributed by atoms with E-state index in [0.717, 1.165) is 28.0 Å². The van der Waals surface area contributed by atoms with Gasteiger partial charge in [0.05, 0.1) is 5.69 Å². The highest BCUT2D eigenvalue weighted by Crippen LogP contribution is 2.40. The zero-order valence-electron chi connectivity index (χ0n) is 12.1. The highest BCUT2D eigenvalue weighted by Gasteiger charge is 2.33. The van der Waals surface area contributed by atoms with Crippen molar-refractivity contribution in [1.29, 1.82) is 0 Å². The molecule has 0 bridgehead atoms. The third-order valence-electron chi connectivity index (χ3n) is 5.03. The van der Waals surface area contributed by atoms with Crippen LogP contribution in [0.25, 0.3) is 0 Å². The molecule has 0 amide bonds. The second-order valence-electron chi connectivity index (χ2n) is 6.28. The van der Waals surface area contributed by atoms with Crippen LogP contribution in [0.5, 0.6) is 0 Å². The van der Waals surface area contributed by atoms with E-state index in [9.17, 15) is 9.90 Å². The first-order chi connectivity index (χ1) is 9.56. The van der Waals surface area contributed by atoms with Gasteiger partial charge in [-0.25, -0.2) is 4.98 Å². The van der Waals surface area contributed by atoms with Crippen molar-refractivity contribution in [2.24, 2.45) is 11.8 Å². The largest absolute Gasteiger partial charge is 0.481 e. The Bertz CT molecular complexity index is 514. The van der Waals surface area contributed by atoms with Crippen molar-refractivity contribution in [3.8, 4) is 0 Å². The van der Waals surface area contributed by atoms with Crippen molar-refractivity contribution in [3.05, 3.63) is 10.6 Å². The Morgan fingerprint density at radius 1 is 1.35 bits per heavy atom. The molecule has 4 unspecified atom stereocenters. The first-order valence-corrected chi connectivity index (χ1v) is 8.37. The molecule has 0 saturated heterocycles. The molecule has 1 fully saturated rings. The predicted molar refractivity (Wildman–Crippen MR) is 80.4 cm³/mol. The molecule has 0 aromatic carbocycles. The molecule has 1 aromatic rings. The monoisotopic (exact) mass is 294 g/mol. The van der Waals surface area contributed by atoms with Gasteiger partial charge in [0.1, 0.15) is 5.92 Å². The third kappa shape index (κ3) is 2.43. The van der Waals surface area contributed by atoms with Gasteiger partial charge in [-0.3, -0.25) is 4.79 Å². The molecular formula is C15H22N2O2S. The summed E-state index contributed by atoms with van der Waals surface area (Å²) >= 11 is 1.65. The molecule has 0 radical (unpaired) electrons. The highest BCUT2D eigenvalue weighted by atomic mass is 32.1. The summed E-state index contributed by atoms with van der Waals surface area (Å²) in [5.74, 6) is 0.275. The van der Waals surface area contributed by atoms with Crippen LogP contribution in [0.4, 0.5) is 5.13 Å². The Morgan fingerprint density at radius 2 is 2.15 bits per heavy atom. The maximum atomic E-state index is 11.2. The fourth-order valence-corrected chi connectivity index (χ4v) is 4.57. The summed E-state index contributed by atoms with van der Waals surface area (Å²) < 4.78 is 0. The summed E-state index contributed by atoms with van der Waals surface area (Å²) in [6, 6.07) is 0.480. The van der Waals surface area contributed by atoms with Crippen molar-refractivity contribution >= 4 is 22.4 Å². The molecule has 2 N–H and O–H groups in total. The van der Waals surface area contributed by atoms with E-state index < -0.39 is 5.97 Å². The Balaban J connectivity index is 1.73. The van der Waals surface area contributed by atoms with E-state index in [4.69, 9.17) is 0 Å². The first kappa shape index (κ1) is 13.9. The molecule has 3 rings (SSSR count). The van der Waals surface area contributed by atoms with E-state index in [1.54, 1.807) is 11.3 Å². The van der Waals surface area contributed by atoms with Crippen molar-refractivity contribution in [1.82, 2.24) is 4.98 Å². The van der Waals surface area contributed by atoms with Crippen LogP contribution in [-0.4, -0.2) is 22.1 Å². The number of aliphatic carboxylic acids is 1. The van der Waals surface area contributed by atoms with Crippen LogP contribution in [0.3, 0.4) is 0 Å². The molecule has 5 heteroatoms. The summed E-state index contributed by atoms with van der Waals surface area (Å²) in [5, 5.41) is 13.7. The van der Waals surface area contributed by atoms with Gasteiger partial charge in [-0.05, 0) is 31.1 Å². The fraction of sp³-hybridized carbons (Fsp3) is 0.733. The molecule has 1 heterocycles. The van der Waals surface area contributed by atoms with E-state index in [-0.39, 0.29) is 5.92 Å². The fourth-order valence-electron chi connectivity index (χ4n) is 3.47. The number of hydrogen-bond acceptors (Lipinski definition) is 4. The second kappa shape index (κ2) is 5.35. The summed E-state index contributed by atoms with van der Waals surface area (Å²) in [4.78, 5) is 16.9. The molecule has 20 heavy (non-hydrogen) atoms. The minimum atomic E-state index is -0.736. The molecule has 4 atom stereocenters. The number of fused-ring (bicyclic) bond motifs is 1. The molecule has 110 valence electrons. The van der Waals surface area contributed by atoms with Crippen molar-refractivity contribution < 1.29 is 9.90 Å². The van der Waals surface area contributed by atoms with Gasteiger partial charge in [0.2, 0.25) is 0 Å². The number of rotatable bonds is 3. The molecular weight excluding hydrogens is 272 g/mol. The van der Waals surface area contributed by atoms with Gasteiger partial charge in [-0.2, -0.15) is 0 Å². The van der Waals surface area contributed by atoms with Crippen molar-refractivity contribution in [2.45, 2.75) is 57.9 Å². The van der Waals surface area contributed by atoms with Gasteiger partial charge < -0.3 is 10.4 Å². The lowest BCUT2D eigenvalue weighted by molar-refractivity contribution is -0.138. The minimum Gasteiger partial charge on any atom is -0.481 e. The van der Waals surface area contributed by atoms with E-state index in [2.05, 4.69) is 24.1 Å². The number of carbonyl (C=O) groups is 1. The number of carboxylic acids is 1. The minimum absolute atomic E-state index is 0.389. The maximum Gasteiger partial charge on any atom is 0.312 e. The van der Waals surface area contributed by atoms with E-state index in [0.29, 0.717) is 18.4 Å². The van der Waals surface area contributed by atoms with Crippen LogP contribution in [0.1, 0.15) is 56.0 Å². The van der Waals surface area contributed by atoms with Crippen LogP contribution in [0.2, 0.25) is 0 Å². The average molecular weight is 294 g/mol. The first-order valence-electron chi connectivity index (χ1n) is 7.55. The maximum absolute atomic E-state index is 11.2. The number of hydrogen-bond donors (Lipinski definition) is 2. The Hall–Kier alpha value is -1.10. The zero-order valence-corrected chi connectivity index (χ0v) is 12.9. The topological polar surface area (TPSA) is 62.2 Å². The Kier molecular flexibility index (Phi) is 3.71. The number of carboxylic acid groups (broad SMARTS) is 1.